The van der Waals surface area contributed by atoms with E-state index in [1.165, 1.54) is 32.1 Å². The molecule has 5 atom stereocenters. The van der Waals surface area contributed by atoms with Crippen molar-refractivity contribution >= 4 is 17.7 Å². The molecule has 2 N–H and O–H groups in total. The van der Waals surface area contributed by atoms with Crippen LogP contribution in [0.3, 0.4) is 0 Å². The summed E-state index contributed by atoms with van der Waals surface area (Å²) < 4.78 is 0. The molecule has 23 heavy (non-hydrogen) atoms. The number of hydrogen-bond donors (Lipinski definition) is 1. The summed E-state index contributed by atoms with van der Waals surface area (Å²) in [5, 5.41) is 0. The van der Waals surface area contributed by atoms with Crippen molar-refractivity contribution < 1.29 is 0 Å². The largest absolute Gasteiger partial charge is 0.396 e. The van der Waals surface area contributed by atoms with E-state index < -0.39 is 0 Å². The van der Waals surface area contributed by atoms with E-state index in [2.05, 4.69) is 68.2 Å². The van der Waals surface area contributed by atoms with Crippen molar-refractivity contribution in [3.8, 4) is 0 Å². The number of unbranched alkanes of at least 4 members (excludes halogenated alkanes) is 1. The van der Waals surface area contributed by atoms with Crippen LogP contribution in [0, 0.1) is 22.7 Å². The van der Waals surface area contributed by atoms with Gasteiger partial charge >= 0.3 is 0 Å². The molecule has 0 aliphatic heterocycles. The Bertz CT molecular complexity index is 656. The Labute approximate surface area is 145 Å². The van der Waals surface area contributed by atoms with Crippen molar-refractivity contribution in [1.82, 2.24) is 0 Å². The molecule has 122 valence electrons. The van der Waals surface area contributed by atoms with Crippen molar-refractivity contribution in [3.63, 3.8) is 0 Å². The Kier molecular flexibility index (Phi) is 3.29. The van der Waals surface area contributed by atoms with Crippen LogP contribution in [-0.4, -0.2) is 5.49 Å². The zero-order chi connectivity index (χ0) is 16.3. The summed E-state index contributed by atoms with van der Waals surface area (Å²) in [5.74, 6) is 1.90. The van der Waals surface area contributed by atoms with Crippen molar-refractivity contribution in [3.05, 3.63) is 47.5 Å². The highest BCUT2D eigenvalue weighted by atomic mass is 32.1. The average molecular weight is 326 g/mol. The molecule has 4 fully saturated rings. The van der Waals surface area contributed by atoms with E-state index in [1.807, 2.05) is 5.57 Å². The molecule has 0 radical (unpaired) electrons. The van der Waals surface area contributed by atoms with E-state index in [9.17, 15) is 0 Å². The molecule has 1 nitrogen and oxygen atoms in total. The second kappa shape index (κ2) is 4.92. The first-order chi connectivity index (χ1) is 11.1. The normalized spacial score (nSPS) is 45.7. The Morgan fingerprint density at radius 2 is 1.87 bits per heavy atom. The Hall–Kier alpha value is -1.15. The third-order valence-corrected chi connectivity index (χ3v) is 7.59. The molecule has 4 aliphatic carbocycles. The maximum atomic E-state index is 4.54. The lowest BCUT2D eigenvalue weighted by atomic mass is 9.07. The molecule has 2 heteroatoms. The Balaban J connectivity index is 0.000000421. The fourth-order valence-electron chi connectivity index (χ4n) is 7.24. The first-order valence-electron chi connectivity index (χ1n) is 9.02. The lowest BCUT2D eigenvalue weighted by Crippen LogP contribution is -2.92. The molecule has 1 spiro atoms. The average Bonchev–Trinajstić information content (AvgIpc) is 2.51. The predicted octanol–water partition coefficient (Wildman–Crippen LogP) is 5.00. The lowest BCUT2D eigenvalue weighted by Gasteiger charge is -2.96. The van der Waals surface area contributed by atoms with E-state index in [-0.39, 0.29) is 0 Å². The summed E-state index contributed by atoms with van der Waals surface area (Å²) in [7, 11) is 0. The molecule has 4 aliphatic rings. The maximum Gasteiger partial charge on any atom is 0.0588 e. The molecule has 5 rings (SSSR count). The summed E-state index contributed by atoms with van der Waals surface area (Å²) in [6, 6.07) is 11.4. The minimum atomic E-state index is 0.570. The van der Waals surface area contributed by atoms with E-state index >= 15 is 0 Å². The molecule has 0 bridgehead atoms. The van der Waals surface area contributed by atoms with Gasteiger partial charge in [0.1, 0.15) is 0 Å². The van der Waals surface area contributed by atoms with Crippen LogP contribution in [0.1, 0.15) is 51.5 Å². The van der Waals surface area contributed by atoms with Gasteiger partial charge in [0.15, 0.2) is 0 Å². The molecule has 0 saturated heterocycles. The number of hydrogen-bond acceptors (Lipinski definition) is 1. The monoisotopic (exact) mass is 325 g/mol. The van der Waals surface area contributed by atoms with Crippen LogP contribution in [0.15, 0.2) is 42.0 Å². The highest BCUT2D eigenvalue weighted by Crippen LogP contribution is 2.98. The molecular weight excluding hydrogens is 298 g/mol. The standard InChI is InChI=1S/C20H24.CH3NS/c1-3-4-10-15-16-11-18(2)13-19(12-17(15)20(16,18)19)14-8-6-5-7-9-14;2-1-3/h5-10,16-17H,3-4,11-13H2,1-2H3;1H,(H2,2,3)/b15-10-;. The molecule has 0 heterocycles. The quantitative estimate of drug-likeness (QED) is 0.625. The van der Waals surface area contributed by atoms with Gasteiger partial charge in [-0.25, -0.2) is 0 Å². The van der Waals surface area contributed by atoms with Gasteiger partial charge in [-0.2, -0.15) is 0 Å². The third-order valence-electron chi connectivity index (χ3n) is 7.59. The van der Waals surface area contributed by atoms with Gasteiger partial charge in [0.05, 0.1) is 5.49 Å². The molecular formula is C21H27NS. The fourth-order valence-corrected chi connectivity index (χ4v) is 7.24. The minimum Gasteiger partial charge on any atom is -0.396 e. The van der Waals surface area contributed by atoms with Gasteiger partial charge in [0.2, 0.25) is 0 Å². The first-order valence-corrected chi connectivity index (χ1v) is 9.49. The molecule has 5 unspecified atom stereocenters. The zero-order valence-electron chi connectivity index (χ0n) is 14.2. The number of allylic oxidation sites excluding steroid dienone is 2. The van der Waals surface area contributed by atoms with Crippen LogP contribution < -0.4 is 5.73 Å². The predicted molar refractivity (Wildman–Crippen MR) is 100 cm³/mol. The van der Waals surface area contributed by atoms with Gasteiger partial charge in [0.25, 0.3) is 0 Å². The number of rotatable bonds is 3. The minimum absolute atomic E-state index is 0.570. The summed E-state index contributed by atoms with van der Waals surface area (Å²) in [5.41, 5.74) is 11.1. The van der Waals surface area contributed by atoms with Crippen LogP contribution in [0.25, 0.3) is 0 Å². The lowest BCUT2D eigenvalue weighted by molar-refractivity contribution is -0.408. The Morgan fingerprint density at radius 3 is 2.43 bits per heavy atom. The second-order valence-corrected chi connectivity index (χ2v) is 8.47. The first kappa shape index (κ1) is 15.4. The smallest absolute Gasteiger partial charge is 0.0588 e. The molecule has 4 saturated carbocycles. The summed E-state index contributed by atoms with van der Waals surface area (Å²) in [4.78, 5) is 0. The summed E-state index contributed by atoms with van der Waals surface area (Å²) in [6.45, 7) is 4.88. The van der Waals surface area contributed by atoms with Gasteiger partial charge in [-0.05, 0) is 53.9 Å². The van der Waals surface area contributed by atoms with Crippen LogP contribution >= 0.6 is 12.2 Å². The number of nitrogens with two attached hydrogens (primary N) is 1. The van der Waals surface area contributed by atoms with Crippen LogP contribution in [0.5, 0.6) is 0 Å². The van der Waals surface area contributed by atoms with E-state index in [4.69, 9.17) is 0 Å². The highest BCUT2D eigenvalue weighted by Gasteiger charge is 2.93. The van der Waals surface area contributed by atoms with E-state index in [0.29, 0.717) is 16.2 Å². The van der Waals surface area contributed by atoms with Gasteiger partial charge < -0.3 is 5.73 Å². The molecule has 0 amide bonds. The van der Waals surface area contributed by atoms with Crippen molar-refractivity contribution in [2.75, 3.05) is 0 Å². The van der Waals surface area contributed by atoms with Crippen molar-refractivity contribution in [2.24, 2.45) is 28.4 Å². The fraction of sp³-hybridized carbons (Fsp3) is 0.571. The zero-order valence-corrected chi connectivity index (χ0v) is 15.0. The summed E-state index contributed by atoms with van der Waals surface area (Å²) in [6.07, 6.45) is 9.59. The van der Waals surface area contributed by atoms with Gasteiger partial charge in [0, 0.05) is 5.41 Å². The van der Waals surface area contributed by atoms with Gasteiger partial charge in [-0.1, -0.05) is 74.5 Å². The topological polar surface area (TPSA) is 26.0 Å². The van der Waals surface area contributed by atoms with E-state index in [1.54, 1.807) is 5.56 Å². The second-order valence-electron chi connectivity index (χ2n) is 8.20. The third kappa shape index (κ3) is 1.48. The maximum absolute atomic E-state index is 4.54. The molecule has 1 aromatic rings. The van der Waals surface area contributed by atoms with Crippen LogP contribution in [0.4, 0.5) is 0 Å². The van der Waals surface area contributed by atoms with Crippen LogP contribution in [0.2, 0.25) is 0 Å². The van der Waals surface area contributed by atoms with Crippen LogP contribution in [-0.2, 0) is 5.41 Å². The van der Waals surface area contributed by atoms with Crippen molar-refractivity contribution in [1.29, 1.82) is 0 Å². The SMILES string of the molecule is CCC/C=C1/C2CC3(C)CC4(c5ccccc5)CC1C234.NC=S. The van der Waals surface area contributed by atoms with Gasteiger partial charge in [-0.15, -0.1) is 0 Å². The highest BCUT2D eigenvalue weighted by molar-refractivity contribution is 7.78. The molecule has 0 aromatic heterocycles. The van der Waals surface area contributed by atoms with Crippen molar-refractivity contribution in [2.45, 2.75) is 51.4 Å². The van der Waals surface area contributed by atoms with Gasteiger partial charge in [-0.3, -0.25) is 0 Å². The summed E-state index contributed by atoms with van der Waals surface area (Å²) >= 11 is 4.05. The number of thiocarbonyl (C=S) groups is 1. The van der Waals surface area contributed by atoms with E-state index in [0.717, 1.165) is 17.3 Å². The number of benzene rings is 1. The Morgan fingerprint density at radius 1 is 1.22 bits per heavy atom. The molecule has 1 aromatic carbocycles.